The number of nitrogens with zero attached hydrogens (tertiary/aromatic N) is 3. The van der Waals surface area contributed by atoms with Crippen molar-refractivity contribution in [3.8, 4) is 16.3 Å². The topological polar surface area (TPSA) is 59.8 Å². The first kappa shape index (κ1) is 17.4. The predicted octanol–water partition coefficient (Wildman–Crippen LogP) is 4.16. The van der Waals surface area contributed by atoms with Gasteiger partial charge in [-0.25, -0.2) is 9.67 Å². The van der Waals surface area contributed by atoms with Crippen molar-refractivity contribution >= 4 is 17.2 Å². The Morgan fingerprint density at radius 1 is 1.24 bits per heavy atom. The number of thiazole rings is 1. The molecule has 130 valence electrons. The summed E-state index contributed by atoms with van der Waals surface area (Å²) in [5, 5.41) is 9.90. The molecule has 1 aromatic carbocycles. The van der Waals surface area contributed by atoms with E-state index < -0.39 is 0 Å². The standard InChI is InChI=1S/C19H22N4OS/c1-19(2,3)9-10-20-17(24)16-13-25-18(22-16)14-11-21-23(12-14)15-7-5-4-6-8-15/h4-8,11-13H,9-10H2,1-3H3,(H,20,24). The highest BCUT2D eigenvalue weighted by Crippen LogP contribution is 2.24. The first-order valence-electron chi connectivity index (χ1n) is 8.26. The average Bonchev–Trinajstić information content (AvgIpc) is 3.24. The lowest BCUT2D eigenvalue weighted by molar-refractivity contribution is 0.0945. The molecule has 2 heterocycles. The fourth-order valence-corrected chi connectivity index (χ4v) is 3.08. The minimum Gasteiger partial charge on any atom is -0.351 e. The summed E-state index contributed by atoms with van der Waals surface area (Å²) in [6, 6.07) is 9.90. The van der Waals surface area contributed by atoms with Crippen molar-refractivity contribution in [1.82, 2.24) is 20.1 Å². The van der Waals surface area contributed by atoms with Gasteiger partial charge in [0.1, 0.15) is 10.7 Å². The maximum atomic E-state index is 12.2. The monoisotopic (exact) mass is 354 g/mol. The van der Waals surface area contributed by atoms with E-state index in [0.717, 1.165) is 22.7 Å². The van der Waals surface area contributed by atoms with Crippen LogP contribution in [0, 0.1) is 5.41 Å². The Hall–Kier alpha value is -2.47. The first-order valence-corrected chi connectivity index (χ1v) is 9.14. The van der Waals surface area contributed by atoms with E-state index >= 15 is 0 Å². The lowest BCUT2D eigenvalue weighted by Crippen LogP contribution is -2.27. The Morgan fingerprint density at radius 2 is 2.00 bits per heavy atom. The summed E-state index contributed by atoms with van der Waals surface area (Å²) in [5.41, 5.74) is 2.56. The number of nitrogens with one attached hydrogen (secondary N) is 1. The van der Waals surface area contributed by atoms with Crippen molar-refractivity contribution in [2.45, 2.75) is 27.2 Å². The summed E-state index contributed by atoms with van der Waals surface area (Å²) in [4.78, 5) is 16.7. The molecule has 3 aromatic rings. The van der Waals surface area contributed by atoms with Crippen LogP contribution in [-0.4, -0.2) is 27.2 Å². The fourth-order valence-electron chi connectivity index (χ4n) is 2.31. The molecule has 0 unspecified atom stereocenters. The van der Waals surface area contributed by atoms with Crippen LogP contribution in [0.5, 0.6) is 0 Å². The zero-order chi connectivity index (χ0) is 17.9. The molecule has 1 N–H and O–H groups in total. The SMILES string of the molecule is CC(C)(C)CCNC(=O)c1csc(-c2cnn(-c3ccccc3)c2)n1. The van der Waals surface area contributed by atoms with Crippen LogP contribution in [0.1, 0.15) is 37.7 Å². The van der Waals surface area contributed by atoms with E-state index in [1.54, 1.807) is 16.3 Å². The van der Waals surface area contributed by atoms with Crippen LogP contribution in [-0.2, 0) is 0 Å². The number of hydrogen-bond acceptors (Lipinski definition) is 4. The second-order valence-electron chi connectivity index (χ2n) is 7.11. The Kier molecular flexibility index (Phi) is 4.99. The van der Waals surface area contributed by atoms with Crippen molar-refractivity contribution < 1.29 is 4.79 Å². The van der Waals surface area contributed by atoms with Crippen LogP contribution >= 0.6 is 11.3 Å². The summed E-state index contributed by atoms with van der Waals surface area (Å²) < 4.78 is 1.81. The number of para-hydroxylation sites is 1. The van der Waals surface area contributed by atoms with Crippen LogP contribution in [0.15, 0.2) is 48.1 Å². The van der Waals surface area contributed by atoms with Gasteiger partial charge in [-0.2, -0.15) is 5.10 Å². The molecule has 0 radical (unpaired) electrons. The minimum atomic E-state index is -0.123. The van der Waals surface area contributed by atoms with Crippen LogP contribution in [0.2, 0.25) is 0 Å². The Balaban J connectivity index is 1.67. The zero-order valence-corrected chi connectivity index (χ0v) is 15.5. The van der Waals surface area contributed by atoms with Crippen LogP contribution in [0.25, 0.3) is 16.3 Å². The van der Waals surface area contributed by atoms with Gasteiger partial charge < -0.3 is 5.32 Å². The van der Waals surface area contributed by atoms with Crippen LogP contribution in [0.3, 0.4) is 0 Å². The summed E-state index contributed by atoms with van der Waals surface area (Å²) in [5.74, 6) is -0.123. The van der Waals surface area contributed by atoms with Gasteiger partial charge in [0.2, 0.25) is 0 Å². The van der Waals surface area contributed by atoms with Gasteiger partial charge in [0, 0.05) is 23.7 Å². The fraction of sp³-hybridized carbons (Fsp3) is 0.316. The third kappa shape index (κ3) is 4.54. The minimum absolute atomic E-state index is 0.123. The van der Waals surface area contributed by atoms with Crippen molar-refractivity contribution in [1.29, 1.82) is 0 Å². The summed E-state index contributed by atoms with van der Waals surface area (Å²) in [6.07, 6.45) is 4.63. The summed E-state index contributed by atoms with van der Waals surface area (Å²) >= 11 is 1.45. The molecular weight excluding hydrogens is 332 g/mol. The maximum absolute atomic E-state index is 12.2. The van der Waals surface area contributed by atoms with Crippen molar-refractivity contribution in [2.24, 2.45) is 5.41 Å². The molecule has 0 bridgehead atoms. The Labute approximate surface area is 151 Å². The number of hydrogen-bond donors (Lipinski definition) is 1. The summed E-state index contributed by atoms with van der Waals surface area (Å²) in [7, 11) is 0. The number of amides is 1. The van der Waals surface area contributed by atoms with E-state index in [2.05, 4.69) is 36.2 Å². The van der Waals surface area contributed by atoms with E-state index in [4.69, 9.17) is 0 Å². The van der Waals surface area contributed by atoms with Crippen LogP contribution in [0.4, 0.5) is 0 Å². The van der Waals surface area contributed by atoms with Gasteiger partial charge in [-0.3, -0.25) is 4.79 Å². The van der Waals surface area contributed by atoms with Crippen LogP contribution < -0.4 is 5.32 Å². The second-order valence-corrected chi connectivity index (χ2v) is 7.97. The van der Waals surface area contributed by atoms with Gasteiger partial charge in [-0.05, 0) is 24.0 Å². The van der Waals surface area contributed by atoms with Crippen molar-refractivity contribution in [3.05, 3.63) is 53.8 Å². The van der Waals surface area contributed by atoms with E-state index in [1.165, 1.54) is 11.3 Å². The first-order chi connectivity index (χ1) is 11.9. The van der Waals surface area contributed by atoms with E-state index in [1.807, 2.05) is 36.5 Å². The second kappa shape index (κ2) is 7.19. The normalized spacial score (nSPS) is 11.5. The highest BCUT2D eigenvalue weighted by atomic mass is 32.1. The molecule has 0 aliphatic heterocycles. The molecule has 0 saturated heterocycles. The molecule has 0 spiro atoms. The molecule has 0 aliphatic carbocycles. The summed E-state index contributed by atoms with van der Waals surface area (Å²) in [6.45, 7) is 7.13. The van der Waals surface area contributed by atoms with E-state index in [-0.39, 0.29) is 11.3 Å². The van der Waals surface area contributed by atoms with Gasteiger partial charge >= 0.3 is 0 Å². The molecule has 3 rings (SSSR count). The molecule has 5 nitrogen and oxygen atoms in total. The van der Waals surface area contributed by atoms with Gasteiger partial charge in [-0.1, -0.05) is 39.0 Å². The van der Waals surface area contributed by atoms with Gasteiger partial charge in [0.25, 0.3) is 5.91 Å². The van der Waals surface area contributed by atoms with Gasteiger partial charge in [0.05, 0.1) is 11.9 Å². The van der Waals surface area contributed by atoms with Crippen molar-refractivity contribution in [3.63, 3.8) is 0 Å². The molecule has 6 heteroatoms. The molecule has 25 heavy (non-hydrogen) atoms. The van der Waals surface area contributed by atoms with E-state index in [9.17, 15) is 4.79 Å². The highest BCUT2D eigenvalue weighted by molar-refractivity contribution is 7.13. The third-order valence-electron chi connectivity index (χ3n) is 3.75. The Bertz CT molecular complexity index is 846. The average molecular weight is 354 g/mol. The van der Waals surface area contributed by atoms with E-state index in [0.29, 0.717) is 12.2 Å². The van der Waals surface area contributed by atoms with Gasteiger partial charge in [-0.15, -0.1) is 11.3 Å². The number of carbonyl (C=O) groups excluding carboxylic acids is 1. The van der Waals surface area contributed by atoms with Crippen molar-refractivity contribution in [2.75, 3.05) is 6.54 Å². The molecule has 0 aliphatic rings. The molecule has 1 amide bonds. The smallest absolute Gasteiger partial charge is 0.270 e. The number of aromatic nitrogens is 3. The molecule has 0 fully saturated rings. The highest BCUT2D eigenvalue weighted by Gasteiger charge is 2.15. The lowest BCUT2D eigenvalue weighted by atomic mass is 9.92. The number of rotatable bonds is 5. The lowest BCUT2D eigenvalue weighted by Gasteiger charge is -2.17. The molecule has 2 aromatic heterocycles. The Morgan fingerprint density at radius 3 is 2.72 bits per heavy atom. The molecule has 0 saturated carbocycles. The number of carbonyl (C=O) groups is 1. The zero-order valence-electron chi connectivity index (χ0n) is 14.7. The quantitative estimate of drug-likeness (QED) is 0.748. The molecule has 0 atom stereocenters. The maximum Gasteiger partial charge on any atom is 0.270 e. The third-order valence-corrected chi connectivity index (χ3v) is 4.64. The molecular formula is C19H22N4OS. The predicted molar refractivity (Wildman–Crippen MR) is 101 cm³/mol. The number of benzene rings is 1. The van der Waals surface area contributed by atoms with Gasteiger partial charge in [0.15, 0.2) is 0 Å². The largest absolute Gasteiger partial charge is 0.351 e.